The number of ether oxygens (including phenoxy) is 1. The van der Waals surface area contributed by atoms with Gasteiger partial charge in [-0.1, -0.05) is 35.4 Å². The Morgan fingerprint density at radius 3 is 2.48 bits per heavy atom. The van der Waals surface area contributed by atoms with E-state index in [4.69, 9.17) is 10.5 Å². The summed E-state index contributed by atoms with van der Waals surface area (Å²) in [6, 6.07) is 0. The Balaban J connectivity index is 3.80. The second-order valence-corrected chi connectivity index (χ2v) is 8.35. The number of hydrogen-bond acceptors (Lipinski definition) is 7. The van der Waals surface area contributed by atoms with Gasteiger partial charge in [0.2, 0.25) is 11.8 Å². The summed E-state index contributed by atoms with van der Waals surface area (Å²) in [4.78, 5) is 23.4. The smallest absolute Gasteiger partial charge is 0.249 e. The van der Waals surface area contributed by atoms with Crippen LogP contribution in [0.25, 0.3) is 0 Å². The molecule has 5 N–H and O–H groups in total. The molecule has 0 aromatic carbocycles. The highest BCUT2D eigenvalue weighted by molar-refractivity contribution is 8.76. The van der Waals surface area contributed by atoms with Crippen LogP contribution in [0.15, 0.2) is 0 Å². The molecule has 0 saturated carbocycles. The molecule has 0 radical (unpaired) electrons. The van der Waals surface area contributed by atoms with Crippen LogP contribution in [0.5, 0.6) is 0 Å². The third kappa shape index (κ3) is 10.8. The van der Waals surface area contributed by atoms with Gasteiger partial charge in [-0.2, -0.15) is 0 Å². The van der Waals surface area contributed by atoms with Crippen molar-refractivity contribution in [2.24, 2.45) is 11.1 Å². The van der Waals surface area contributed by atoms with Crippen molar-refractivity contribution in [3.05, 3.63) is 0 Å². The number of methoxy groups -OCH3 is 1. The molecule has 0 fully saturated rings. The molecule has 0 rings (SSSR count). The third-order valence-corrected chi connectivity index (χ3v) is 5.39. The van der Waals surface area contributed by atoms with Gasteiger partial charge in [-0.05, 0) is 0 Å². The third-order valence-electron chi connectivity index (χ3n) is 2.95. The molecule has 0 aromatic rings. The first kappa shape index (κ1) is 22.5. The van der Waals surface area contributed by atoms with Crippen LogP contribution in [0.2, 0.25) is 0 Å². The van der Waals surface area contributed by atoms with Crippen LogP contribution in [0.1, 0.15) is 20.3 Å². The Morgan fingerprint density at radius 2 is 1.87 bits per heavy atom. The summed E-state index contributed by atoms with van der Waals surface area (Å²) in [5.41, 5.74) is 4.69. The maximum absolute atomic E-state index is 11.8. The van der Waals surface area contributed by atoms with E-state index in [1.165, 1.54) is 7.11 Å². The molecule has 0 aliphatic heterocycles. The normalized spacial score (nSPS) is 12.7. The van der Waals surface area contributed by atoms with Crippen molar-refractivity contribution in [1.29, 1.82) is 0 Å². The highest BCUT2D eigenvalue weighted by Gasteiger charge is 2.33. The van der Waals surface area contributed by atoms with E-state index in [2.05, 4.69) is 10.6 Å². The summed E-state index contributed by atoms with van der Waals surface area (Å²) >= 11 is 0. The second-order valence-electron chi connectivity index (χ2n) is 5.65. The number of aliphatic hydroxyl groups is 1. The Labute approximate surface area is 146 Å². The van der Waals surface area contributed by atoms with E-state index in [0.717, 1.165) is 11.5 Å². The first-order chi connectivity index (χ1) is 10.8. The lowest BCUT2D eigenvalue weighted by Gasteiger charge is -2.28. The van der Waals surface area contributed by atoms with E-state index in [0.29, 0.717) is 13.1 Å². The number of carbonyl (C=O) groups excluding carboxylic acids is 2. The number of aliphatic hydroxyl groups excluding tert-OH is 1. The lowest BCUT2D eigenvalue weighted by molar-refractivity contribution is -0.137. The zero-order valence-corrected chi connectivity index (χ0v) is 15.7. The standard InChI is InChI=1S/C14H29N3O4S2/c1-14(2,10-21-3)12(19)13(20)17-6-4-11(18)16-7-9-23-22-8-5-15/h12,19H,4-10,15H2,1-3H3,(H,16,18)(H,17,20). The van der Waals surface area contributed by atoms with E-state index in [1.54, 1.807) is 35.4 Å². The van der Waals surface area contributed by atoms with E-state index < -0.39 is 17.4 Å². The van der Waals surface area contributed by atoms with Crippen LogP contribution in [0.3, 0.4) is 0 Å². The van der Waals surface area contributed by atoms with Gasteiger partial charge in [0, 0.05) is 50.1 Å². The summed E-state index contributed by atoms with van der Waals surface area (Å²) in [5, 5.41) is 15.3. The zero-order valence-electron chi connectivity index (χ0n) is 14.1. The molecule has 1 unspecified atom stereocenters. The molecule has 7 nitrogen and oxygen atoms in total. The van der Waals surface area contributed by atoms with Gasteiger partial charge in [0.05, 0.1) is 6.61 Å². The maximum atomic E-state index is 11.8. The van der Waals surface area contributed by atoms with E-state index in [9.17, 15) is 14.7 Å². The zero-order chi connectivity index (χ0) is 17.7. The molecule has 23 heavy (non-hydrogen) atoms. The molecule has 0 saturated heterocycles. The van der Waals surface area contributed by atoms with Gasteiger partial charge in [-0.25, -0.2) is 0 Å². The molecule has 0 heterocycles. The van der Waals surface area contributed by atoms with Gasteiger partial charge >= 0.3 is 0 Å². The SMILES string of the molecule is COCC(C)(C)C(O)C(=O)NCCC(=O)NCCSSCCN. The highest BCUT2D eigenvalue weighted by atomic mass is 33.1. The maximum Gasteiger partial charge on any atom is 0.249 e. The van der Waals surface area contributed by atoms with Crippen LogP contribution >= 0.6 is 21.6 Å². The minimum Gasteiger partial charge on any atom is -0.384 e. The lowest BCUT2D eigenvalue weighted by atomic mass is 9.87. The van der Waals surface area contributed by atoms with Crippen molar-refractivity contribution in [2.45, 2.75) is 26.4 Å². The predicted molar refractivity (Wildman–Crippen MR) is 96.3 cm³/mol. The van der Waals surface area contributed by atoms with Gasteiger partial charge in [0.25, 0.3) is 0 Å². The Bertz CT molecular complexity index is 357. The summed E-state index contributed by atoms with van der Waals surface area (Å²) in [7, 11) is 4.87. The van der Waals surface area contributed by atoms with Crippen molar-refractivity contribution >= 4 is 33.4 Å². The highest BCUT2D eigenvalue weighted by Crippen LogP contribution is 2.21. The number of amides is 2. The summed E-state index contributed by atoms with van der Waals surface area (Å²) in [5.74, 6) is 1.09. The van der Waals surface area contributed by atoms with Crippen molar-refractivity contribution < 1.29 is 19.4 Å². The lowest BCUT2D eigenvalue weighted by Crippen LogP contribution is -2.46. The Hall–Kier alpha value is -0.480. The second kappa shape index (κ2) is 12.9. The fourth-order valence-corrected chi connectivity index (χ4v) is 3.45. The number of nitrogens with one attached hydrogen (secondary N) is 2. The number of nitrogens with two attached hydrogens (primary N) is 1. The fourth-order valence-electron chi connectivity index (χ4n) is 1.69. The predicted octanol–water partition coefficient (Wildman–Crippen LogP) is -0.0175. The molecule has 136 valence electrons. The van der Waals surface area contributed by atoms with Crippen LogP contribution in [0.4, 0.5) is 0 Å². The van der Waals surface area contributed by atoms with Gasteiger partial charge in [0.15, 0.2) is 0 Å². The first-order valence-electron chi connectivity index (χ1n) is 7.51. The molecule has 0 bridgehead atoms. The van der Waals surface area contributed by atoms with E-state index in [1.807, 2.05) is 0 Å². The van der Waals surface area contributed by atoms with Crippen LogP contribution in [-0.2, 0) is 14.3 Å². The van der Waals surface area contributed by atoms with Crippen molar-refractivity contribution in [3.8, 4) is 0 Å². The molecular formula is C14H29N3O4S2. The Morgan fingerprint density at radius 1 is 1.22 bits per heavy atom. The largest absolute Gasteiger partial charge is 0.384 e. The topological polar surface area (TPSA) is 114 Å². The molecule has 0 aliphatic rings. The van der Waals surface area contributed by atoms with Crippen molar-refractivity contribution in [3.63, 3.8) is 0 Å². The Kier molecular flexibility index (Phi) is 12.6. The fraction of sp³-hybridized carbons (Fsp3) is 0.857. The van der Waals surface area contributed by atoms with Crippen LogP contribution in [0, 0.1) is 5.41 Å². The monoisotopic (exact) mass is 367 g/mol. The average molecular weight is 368 g/mol. The molecule has 0 aliphatic carbocycles. The van der Waals surface area contributed by atoms with Crippen molar-refractivity contribution in [2.75, 3.05) is 44.9 Å². The quantitative estimate of drug-likeness (QED) is 0.267. The van der Waals surface area contributed by atoms with E-state index in [-0.39, 0.29) is 25.5 Å². The van der Waals surface area contributed by atoms with Gasteiger partial charge in [0.1, 0.15) is 6.10 Å². The average Bonchev–Trinajstić information content (AvgIpc) is 2.49. The summed E-state index contributed by atoms with van der Waals surface area (Å²) < 4.78 is 4.99. The molecule has 0 aromatic heterocycles. The number of rotatable bonds is 13. The summed E-state index contributed by atoms with van der Waals surface area (Å²) in [6.45, 7) is 5.18. The molecule has 1 atom stereocenters. The molecule has 0 spiro atoms. The van der Waals surface area contributed by atoms with Gasteiger partial charge in [-0.15, -0.1) is 0 Å². The number of hydrogen-bond donors (Lipinski definition) is 4. The molecule has 9 heteroatoms. The van der Waals surface area contributed by atoms with Gasteiger partial charge < -0.3 is 26.2 Å². The van der Waals surface area contributed by atoms with Gasteiger partial charge in [-0.3, -0.25) is 9.59 Å². The molecule has 2 amide bonds. The number of carbonyl (C=O) groups is 2. The first-order valence-corrected chi connectivity index (χ1v) is 10.00. The molecular weight excluding hydrogens is 338 g/mol. The van der Waals surface area contributed by atoms with Crippen LogP contribution in [-0.4, -0.2) is 67.9 Å². The van der Waals surface area contributed by atoms with Crippen LogP contribution < -0.4 is 16.4 Å². The minimum atomic E-state index is -1.18. The van der Waals surface area contributed by atoms with Crippen molar-refractivity contribution in [1.82, 2.24) is 10.6 Å². The summed E-state index contributed by atoms with van der Waals surface area (Å²) in [6.07, 6.45) is -0.995. The minimum absolute atomic E-state index is 0.125. The van der Waals surface area contributed by atoms with E-state index >= 15 is 0 Å².